The van der Waals surface area contributed by atoms with Crippen LogP contribution in [0.25, 0.3) is 0 Å². The Morgan fingerprint density at radius 3 is 2.06 bits per heavy atom. The maximum absolute atomic E-state index is 12.6. The molecule has 0 aliphatic heterocycles. The van der Waals surface area contributed by atoms with Crippen molar-refractivity contribution in [2.75, 3.05) is 10.0 Å². The van der Waals surface area contributed by atoms with Crippen LogP contribution in [0, 0.1) is 0 Å². The van der Waals surface area contributed by atoms with Gasteiger partial charge in [0.25, 0.3) is 15.9 Å². The number of sulfonamides is 1. The average Bonchev–Trinajstić information content (AvgIpc) is 2.73. The van der Waals surface area contributed by atoms with Gasteiger partial charge in [-0.3, -0.25) is 9.52 Å². The molecule has 0 heterocycles. The van der Waals surface area contributed by atoms with Gasteiger partial charge in [0.2, 0.25) is 0 Å². The van der Waals surface area contributed by atoms with Gasteiger partial charge < -0.3 is 10.4 Å². The quantitative estimate of drug-likeness (QED) is 0.198. The molecule has 170 valence electrons. The lowest BCUT2D eigenvalue weighted by atomic mass is 10.3. The van der Waals surface area contributed by atoms with Crippen LogP contribution in [0.1, 0.15) is 6.92 Å². The first kappa shape index (κ1) is 24.2. The zero-order valence-electron chi connectivity index (χ0n) is 17.2. The highest BCUT2D eigenvalue weighted by Crippen LogP contribution is 2.23. The molecule has 0 atom stereocenters. The molecule has 3 N–H and O–H groups in total. The van der Waals surface area contributed by atoms with Crippen molar-refractivity contribution in [1.29, 1.82) is 0 Å². The van der Waals surface area contributed by atoms with Gasteiger partial charge in [-0.05, 0) is 67.6 Å². The van der Waals surface area contributed by atoms with Crippen LogP contribution in [-0.4, -0.2) is 19.4 Å². The number of halogens is 2. The highest BCUT2D eigenvalue weighted by Gasteiger charge is 2.15. The molecule has 3 aromatic rings. The Bertz CT molecular complexity index is 1340. The molecule has 0 unspecified atom stereocenters. The number of hydrogen-bond donors (Lipinski definition) is 3. The number of amides is 1. The lowest BCUT2D eigenvalue weighted by Gasteiger charge is -2.08. The second-order valence-electron chi connectivity index (χ2n) is 6.71. The van der Waals surface area contributed by atoms with Crippen LogP contribution in [0.15, 0.2) is 99.4 Å². The molecule has 0 bridgehead atoms. The number of allylic oxidation sites excluding steroid dienone is 1. The van der Waals surface area contributed by atoms with Crippen LogP contribution in [0.5, 0.6) is 0 Å². The second kappa shape index (κ2) is 10.5. The standard InChI is InChI=1S/C22H18Cl2N4O4S/c1-14(29)21(22(30)25-18-6-2-4-15(23)12-18)27-26-17-8-10-20(11-9-17)33(31,32)28-19-7-3-5-16(24)13-19/h2-13,28-29H,1H3,(H,25,30)/b21-14-,27-26?. The summed E-state index contributed by atoms with van der Waals surface area (Å²) in [6, 6.07) is 18.3. The summed E-state index contributed by atoms with van der Waals surface area (Å²) in [4.78, 5) is 12.4. The van der Waals surface area contributed by atoms with Crippen LogP contribution < -0.4 is 10.0 Å². The fourth-order valence-corrected chi connectivity index (χ4v) is 4.03. The molecule has 0 spiro atoms. The molecule has 8 nitrogen and oxygen atoms in total. The van der Waals surface area contributed by atoms with E-state index in [4.69, 9.17) is 23.2 Å². The molecule has 0 fully saturated rings. The predicted molar refractivity (Wildman–Crippen MR) is 129 cm³/mol. The molecule has 33 heavy (non-hydrogen) atoms. The van der Waals surface area contributed by atoms with E-state index in [9.17, 15) is 18.3 Å². The van der Waals surface area contributed by atoms with Crippen molar-refractivity contribution in [3.8, 4) is 0 Å². The number of nitrogens with zero attached hydrogens (tertiary/aromatic N) is 2. The Balaban J connectivity index is 1.73. The highest BCUT2D eigenvalue weighted by molar-refractivity contribution is 7.92. The van der Waals surface area contributed by atoms with E-state index >= 15 is 0 Å². The molecule has 0 saturated carbocycles. The van der Waals surface area contributed by atoms with E-state index in [1.54, 1.807) is 36.4 Å². The average molecular weight is 505 g/mol. The van der Waals surface area contributed by atoms with Gasteiger partial charge in [-0.15, -0.1) is 5.11 Å². The zero-order valence-corrected chi connectivity index (χ0v) is 19.5. The molecule has 0 aromatic heterocycles. The number of aliphatic hydroxyl groups excluding tert-OH is 1. The molecular formula is C22H18Cl2N4O4S. The molecule has 3 aromatic carbocycles. The van der Waals surface area contributed by atoms with E-state index in [1.807, 2.05) is 0 Å². The van der Waals surface area contributed by atoms with E-state index in [1.165, 1.54) is 43.3 Å². The predicted octanol–water partition coefficient (Wildman–Crippen LogP) is 6.31. The van der Waals surface area contributed by atoms with E-state index in [0.29, 0.717) is 21.4 Å². The largest absolute Gasteiger partial charge is 0.510 e. The summed E-state index contributed by atoms with van der Waals surface area (Å²) in [5, 5.41) is 21.0. The second-order valence-corrected chi connectivity index (χ2v) is 9.26. The number of nitrogens with one attached hydrogen (secondary N) is 2. The summed E-state index contributed by atoms with van der Waals surface area (Å²) in [6.45, 7) is 1.29. The van der Waals surface area contributed by atoms with Gasteiger partial charge in [-0.25, -0.2) is 8.42 Å². The third kappa shape index (κ3) is 6.79. The fraction of sp³-hybridized carbons (Fsp3) is 0.0455. The van der Waals surface area contributed by atoms with Gasteiger partial charge in [-0.2, -0.15) is 5.11 Å². The number of anilines is 2. The SMILES string of the molecule is C/C(O)=C(/N=Nc1ccc(S(=O)(=O)Nc2cccc(Cl)c2)cc1)C(=O)Nc1cccc(Cl)c1. The van der Waals surface area contributed by atoms with E-state index in [2.05, 4.69) is 20.3 Å². The summed E-state index contributed by atoms with van der Waals surface area (Å²) in [5.41, 5.74) is 0.703. The minimum absolute atomic E-state index is 0.00534. The zero-order chi connectivity index (χ0) is 24.0. The van der Waals surface area contributed by atoms with Crippen molar-refractivity contribution < 1.29 is 18.3 Å². The minimum Gasteiger partial charge on any atom is -0.510 e. The summed E-state index contributed by atoms with van der Waals surface area (Å²) in [7, 11) is -3.85. The Labute approximate surface area is 200 Å². The van der Waals surface area contributed by atoms with Crippen LogP contribution in [0.4, 0.5) is 17.1 Å². The van der Waals surface area contributed by atoms with Gasteiger partial charge in [-0.1, -0.05) is 35.3 Å². The third-order valence-electron chi connectivity index (χ3n) is 4.13. The summed E-state index contributed by atoms with van der Waals surface area (Å²) in [5.74, 6) is -1.03. The smallest absolute Gasteiger partial charge is 0.279 e. The van der Waals surface area contributed by atoms with Gasteiger partial charge in [0, 0.05) is 15.7 Å². The van der Waals surface area contributed by atoms with Crippen LogP contribution in [-0.2, 0) is 14.8 Å². The number of hydrogen-bond acceptors (Lipinski definition) is 6. The number of rotatable bonds is 7. The van der Waals surface area contributed by atoms with Crippen LogP contribution >= 0.6 is 23.2 Å². The molecule has 0 saturated heterocycles. The molecule has 0 radical (unpaired) electrons. The first-order chi connectivity index (χ1) is 15.6. The first-order valence-electron chi connectivity index (χ1n) is 9.41. The maximum Gasteiger partial charge on any atom is 0.279 e. The van der Waals surface area contributed by atoms with Crippen molar-refractivity contribution in [2.24, 2.45) is 10.2 Å². The van der Waals surface area contributed by atoms with Crippen molar-refractivity contribution in [3.63, 3.8) is 0 Å². The Hall–Kier alpha value is -3.40. The summed E-state index contributed by atoms with van der Waals surface area (Å²) in [6.07, 6.45) is 0. The van der Waals surface area contributed by atoms with Crippen molar-refractivity contribution in [1.82, 2.24) is 0 Å². The highest BCUT2D eigenvalue weighted by atomic mass is 35.5. The topological polar surface area (TPSA) is 120 Å². The van der Waals surface area contributed by atoms with Crippen molar-refractivity contribution in [2.45, 2.75) is 11.8 Å². The summed E-state index contributed by atoms with van der Waals surface area (Å²) < 4.78 is 27.5. The van der Waals surface area contributed by atoms with Gasteiger partial charge in [0.05, 0.1) is 16.3 Å². The lowest BCUT2D eigenvalue weighted by Crippen LogP contribution is -2.14. The van der Waals surface area contributed by atoms with Gasteiger partial charge >= 0.3 is 0 Å². The number of aliphatic hydroxyl groups is 1. The Morgan fingerprint density at radius 1 is 0.909 bits per heavy atom. The van der Waals surface area contributed by atoms with E-state index in [0.717, 1.165) is 0 Å². The first-order valence-corrected chi connectivity index (χ1v) is 11.6. The monoisotopic (exact) mass is 504 g/mol. The molecule has 1 amide bonds. The number of benzene rings is 3. The fourth-order valence-electron chi connectivity index (χ4n) is 2.60. The van der Waals surface area contributed by atoms with Crippen molar-refractivity contribution >= 4 is 56.2 Å². The molecule has 11 heteroatoms. The normalized spacial score (nSPS) is 12.3. The third-order valence-corrected chi connectivity index (χ3v) is 6.00. The van der Waals surface area contributed by atoms with Gasteiger partial charge in [0.1, 0.15) is 5.76 Å². The minimum atomic E-state index is -3.85. The maximum atomic E-state index is 12.6. The van der Waals surface area contributed by atoms with Crippen LogP contribution in [0.3, 0.4) is 0 Å². The Kier molecular flexibility index (Phi) is 7.70. The number of azo groups is 1. The van der Waals surface area contributed by atoms with E-state index < -0.39 is 15.9 Å². The van der Waals surface area contributed by atoms with E-state index in [-0.39, 0.29) is 22.0 Å². The Morgan fingerprint density at radius 2 is 1.48 bits per heavy atom. The number of carbonyl (C=O) groups is 1. The van der Waals surface area contributed by atoms with Crippen molar-refractivity contribution in [3.05, 3.63) is 94.3 Å². The molecule has 0 aliphatic rings. The summed E-state index contributed by atoms with van der Waals surface area (Å²) >= 11 is 11.8. The van der Waals surface area contributed by atoms with Crippen LogP contribution in [0.2, 0.25) is 10.0 Å². The molecule has 0 aliphatic carbocycles. The molecule has 3 rings (SSSR count). The van der Waals surface area contributed by atoms with Gasteiger partial charge in [0.15, 0.2) is 5.70 Å². The number of carbonyl (C=O) groups excluding carboxylic acids is 1. The molecular weight excluding hydrogens is 487 g/mol. The lowest BCUT2D eigenvalue weighted by molar-refractivity contribution is -0.113.